The molecule has 0 aromatic heterocycles. The number of nitrogens with one attached hydrogen (secondary N) is 2. The Bertz CT molecular complexity index is 1410. The number of carbonyl (C=O) groups excluding carboxylic acids is 2. The minimum Gasteiger partial charge on any atom is -0.490 e. The molecule has 9 nitrogen and oxygen atoms in total. The van der Waals surface area contributed by atoms with Crippen LogP contribution in [-0.2, 0) is 11.3 Å². The van der Waals surface area contributed by atoms with Crippen LogP contribution in [-0.4, -0.2) is 78.4 Å². The Morgan fingerprint density at radius 3 is 2.46 bits per heavy atom. The summed E-state index contributed by atoms with van der Waals surface area (Å²) < 4.78 is 26.0. The number of likely N-dealkylation sites (N-methyl/N-ethyl adjacent to an activating group) is 1. The summed E-state index contributed by atoms with van der Waals surface area (Å²) in [6, 6.07) is 19.7. The summed E-state index contributed by atoms with van der Waals surface area (Å²) in [5.74, 6) is -0.355. The lowest BCUT2D eigenvalue weighted by Gasteiger charge is -2.36. The lowest BCUT2D eigenvalue weighted by Crippen LogP contribution is -2.47. The number of fused-ring (bicyclic) bond motifs is 1. The Morgan fingerprint density at radius 1 is 1.04 bits per heavy atom. The highest BCUT2D eigenvalue weighted by Crippen LogP contribution is 2.29. The molecule has 3 N–H and O–H groups in total. The van der Waals surface area contributed by atoms with Crippen molar-refractivity contribution in [3.05, 3.63) is 89.7 Å². The molecule has 248 valence electrons. The highest BCUT2D eigenvalue weighted by Gasteiger charge is 2.30. The molecule has 4 rings (SSSR count). The first-order valence-electron chi connectivity index (χ1n) is 16.0. The maximum absolute atomic E-state index is 14.3. The van der Waals surface area contributed by atoms with E-state index in [1.165, 1.54) is 29.8 Å². The maximum Gasteiger partial charge on any atom is 0.323 e. The molecule has 3 aromatic carbocycles. The van der Waals surface area contributed by atoms with Crippen LogP contribution in [0, 0.1) is 11.7 Å². The van der Waals surface area contributed by atoms with E-state index in [1.54, 1.807) is 23.1 Å². The number of halogens is 1. The van der Waals surface area contributed by atoms with Crippen LogP contribution >= 0.6 is 0 Å². The lowest BCUT2D eigenvalue weighted by atomic mass is 10.0. The molecule has 0 aliphatic carbocycles. The fourth-order valence-electron chi connectivity index (χ4n) is 5.56. The number of carbonyl (C=O) groups is 2. The Balaban J connectivity index is 1.58. The quantitative estimate of drug-likeness (QED) is 0.265. The molecule has 46 heavy (non-hydrogen) atoms. The molecular weight excluding hydrogens is 587 g/mol. The number of urea groups is 1. The van der Waals surface area contributed by atoms with Gasteiger partial charge in [0.15, 0.2) is 0 Å². The minimum absolute atomic E-state index is 0.0507. The van der Waals surface area contributed by atoms with Crippen LogP contribution in [0.2, 0.25) is 0 Å². The van der Waals surface area contributed by atoms with Crippen molar-refractivity contribution in [2.24, 2.45) is 5.92 Å². The van der Waals surface area contributed by atoms with Crippen LogP contribution in [0.25, 0.3) is 0 Å². The van der Waals surface area contributed by atoms with Crippen LogP contribution in [0.4, 0.5) is 20.6 Å². The second-order valence-corrected chi connectivity index (χ2v) is 12.3. The molecule has 0 saturated carbocycles. The smallest absolute Gasteiger partial charge is 0.323 e. The van der Waals surface area contributed by atoms with Gasteiger partial charge in [0.2, 0.25) is 0 Å². The van der Waals surface area contributed by atoms with Crippen LogP contribution < -0.4 is 15.4 Å². The van der Waals surface area contributed by atoms with Crippen molar-refractivity contribution in [3.63, 3.8) is 0 Å². The zero-order chi connectivity index (χ0) is 33.1. The molecular formula is C36H47FN4O5. The summed E-state index contributed by atoms with van der Waals surface area (Å²) in [5, 5.41) is 15.6. The number of aliphatic hydroxyl groups excluding tert-OH is 1. The van der Waals surface area contributed by atoms with Crippen molar-refractivity contribution in [2.45, 2.75) is 64.8 Å². The van der Waals surface area contributed by atoms with E-state index >= 15 is 0 Å². The van der Waals surface area contributed by atoms with E-state index < -0.39 is 17.9 Å². The SMILES string of the molecule is C[C@@H]1CN([C@H](C)CO)C(=O)c2cc(NC(=O)Nc3ccc(F)cc3)ccc2O[C@@H](C)CCCCO[C@@H]1CN(C)Cc1ccccc1. The van der Waals surface area contributed by atoms with Gasteiger partial charge in [-0.05, 0) is 88.2 Å². The standard InChI is InChI=1S/C36H47FN4O5/c1-25-21-41(26(2)24-42)35(43)32-20-31(39-36(44)38-30-15-13-29(37)14-16-30)17-18-33(32)46-27(3)10-8-9-19-45-34(25)23-40(4)22-28-11-6-5-7-12-28/h5-7,11-18,20,25-27,34,42H,8-10,19,21-24H2,1-4H3,(H2,38,39,44)/t25-,26-,27+,34-/m1/s1. The van der Waals surface area contributed by atoms with E-state index in [1.807, 2.05) is 32.0 Å². The molecule has 0 saturated heterocycles. The Morgan fingerprint density at radius 2 is 1.74 bits per heavy atom. The number of aliphatic hydroxyl groups is 1. The number of anilines is 2. The number of benzene rings is 3. The highest BCUT2D eigenvalue weighted by atomic mass is 19.1. The number of nitrogens with zero attached hydrogens (tertiary/aromatic N) is 2. The second kappa shape index (κ2) is 17.1. The van der Waals surface area contributed by atoms with Gasteiger partial charge >= 0.3 is 6.03 Å². The summed E-state index contributed by atoms with van der Waals surface area (Å²) in [7, 11) is 2.07. The topological polar surface area (TPSA) is 103 Å². The Kier molecular flexibility index (Phi) is 12.9. The fraction of sp³-hybridized carbons (Fsp3) is 0.444. The Labute approximate surface area is 271 Å². The van der Waals surface area contributed by atoms with Crippen molar-refractivity contribution < 1.29 is 28.6 Å². The first-order chi connectivity index (χ1) is 22.1. The van der Waals surface area contributed by atoms with E-state index in [2.05, 4.69) is 41.6 Å². The summed E-state index contributed by atoms with van der Waals surface area (Å²) in [5.41, 5.74) is 2.31. The average molecular weight is 635 g/mol. The van der Waals surface area contributed by atoms with E-state index in [0.717, 1.165) is 25.8 Å². The molecule has 0 fully saturated rings. The van der Waals surface area contributed by atoms with E-state index in [9.17, 15) is 19.1 Å². The summed E-state index contributed by atoms with van der Waals surface area (Å²) >= 11 is 0. The van der Waals surface area contributed by atoms with Crippen molar-refractivity contribution in [2.75, 3.05) is 44.0 Å². The largest absolute Gasteiger partial charge is 0.490 e. The molecule has 3 amide bonds. The predicted molar refractivity (Wildman–Crippen MR) is 179 cm³/mol. The molecule has 3 aromatic rings. The Hall–Kier alpha value is -3.99. The van der Waals surface area contributed by atoms with Gasteiger partial charge in [-0.2, -0.15) is 0 Å². The molecule has 4 atom stereocenters. The van der Waals surface area contributed by atoms with Gasteiger partial charge < -0.3 is 30.1 Å². The number of rotatable bonds is 8. The van der Waals surface area contributed by atoms with Gasteiger partial charge in [0.05, 0.1) is 30.4 Å². The monoisotopic (exact) mass is 634 g/mol. The average Bonchev–Trinajstić information content (AvgIpc) is 3.04. The van der Waals surface area contributed by atoms with Crippen LogP contribution in [0.15, 0.2) is 72.8 Å². The molecule has 1 aliphatic heterocycles. The molecule has 0 unspecified atom stereocenters. The minimum atomic E-state index is -0.539. The third kappa shape index (κ3) is 10.3. The van der Waals surface area contributed by atoms with Crippen LogP contribution in [0.5, 0.6) is 5.75 Å². The van der Waals surface area contributed by atoms with Crippen molar-refractivity contribution in [3.8, 4) is 5.75 Å². The zero-order valence-electron chi connectivity index (χ0n) is 27.2. The normalized spacial score (nSPS) is 20.3. The molecule has 1 aliphatic rings. The van der Waals surface area contributed by atoms with E-state index in [0.29, 0.717) is 36.8 Å². The van der Waals surface area contributed by atoms with Crippen LogP contribution in [0.1, 0.15) is 56.0 Å². The van der Waals surface area contributed by atoms with Gasteiger partial charge in [-0.3, -0.25) is 9.69 Å². The van der Waals surface area contributed by atoms with Crippen molar-refractivity contribution >= 4 is 23.3 Å². The maximum atomic E-state index is 14.3. The number of ether oxygens (including phenoxy) is 2. The number of amides is 3. The van der Waals surface area contributed by atoms with Gasteiger partial charge in [0, 0.05) is 43.5 Å². The molecule has 0 spiro atoms. The number of hydrogen-bond acceptors (Lipinski definition) is 6. The third-order valence-corrected chi connectivity index (χ3v) is 8.20. The first-order valence-corrected chi connectivity index (χ1v) is 16.0. The summed E-state index contributed by atoms with van der Waals surface area (Å²) in [6.45, 7) is 8.05. The molecule has 10 heteroatoms. The summed E-state index contributed by atoms with van der Waals surface area (Å²) in [6.07, 6.45) is 2.26. The molecule has 1 heterocycles. The van der Waals surface area contributed by atoms with E-state index in [-0.39, 0.29) is 36.2 Å². The zero-order valence-corrected chi connectivity index (χ0v) is 27.2. The van der Waals surface area contributed by atoms with Crippen molar-refractivity contribution in [1.82, 2.24) is 9.80 Å². The molecule has 0 bridgehead atoms. The summed E-state index contributed by atoms with van der Waals surface area (Å²) in [4.78, 5) is 31.0. The van der Waals surface area contributed by atoms with Gasteiger partial charge in [0.25, 0.3) is 5.91 Å². The molecule has 0 radical (unpaired) electrons. The van der Waals surface area contributed by atoms with Gasteiger partial charge in [-0.15, -0.1) is 0 Å². The lowest BCUT2D eigenvalue weighted by molar-refractivity contribution is -0.0177. The first kappa shape index (κ1) is 34.9. The predicted octanol–water partition coefficient (Wildman–Crippen LogP) is 6.40. The fourth-order valence-corrected chi connectivity index (χ4v) is 5.56. The van der Waals surface area contributed by atoms with Crippen molar-refractivity contribution in [1.29, 1.82) is 0 Å². The van der Waals surface area contributed by atoms with Gasteiger partial charge in [-0.25, -0.2) is 9.18 Å². The van der Waals surface area contributed by atoms with Gasteiger partial charge in [-0.1, -0.05) is 37.3 Å². The van der Waals surface area contributed by atoms with E-state index in [4.69, 9.17) is 9.47 Å². The second-order valence-electron chi connectivity index (χ2n) is 12.3. The highest BCUT2D eigenvalue weighted by molar-refractivity contribution is 6.02. The number of hydrogen-bond donors (Lipinski definition) is 3. The third-order valence-electron chi connectivity index (χ3n) is 8.20. The van der Waals surface area contributed by atoms with Crippen LogP contribution in [0.3, 0.4) is 0 Å². The van der Waals surface area contributed by atoms with Gasteiger partial charge in [0.1, 0.15) is 11.6 Å².